The summed E-state index contributed by atoms with van der Waals surface area (Å²) in [4.78, 5) is 25.1. The van der Waals surface area contributed by atoms with Crippen LogP contribution in [0.3, 0.4) is 0 Å². The van der Waals surface area contributed by atoms with Crippen molar-refractivity contribution in [2.45, 2.75) is 56.4 Å². The van der Waals surface area contributed by atoms with E-state index < -0.39 is 86.3 Å². The van der Waals surface area contributed by atoms with Crippen LogP contribution < -0.4 is 0 Å². The third-order valence-corrected chi connectivity index (χ3v) is 6.39. The Labute approximate surface area is 222 Å². The third kappa shape index (κ3) is 6.86. The summed E-state index contributed by atoms with van der Waals surface area (Å²) >= 11 is 0. The van der Waals surface area contributed by atoms with Crippen molar-refractivity contribution in [2.75, 3.05) is 20.3 Å². The molecular formula is C25H32O14. The van der Waals surface area contributed by atoms with Gasteiger partial charge in [-0.1, -0.05) is 12.1 Å². The Bertz CT molecular complexity index is 1080. The molecule has 2 aliphatic heterocycles. The first-order chi connectivity index (χ1) is 18.5. The van der Waals surface area contributed by atoms with Gasteiger partial charge in [0.25, 0.3) is 0 Å². The van der Waals surface area contributed by atoms with Gasteiger partial charge in [0.15, 0.2) is 17.8 Å². The maximum absolute atomic E-state index is 12.7. The Morgan fingerprint density at radius 2 is 1.82 bits per heavy atom. The van der Waals surface area contributed by atoms with Crippen molar-refractivity contribution in [3.63, 3.8) is 0 Å². The summed E-state index contributed by atoms with van der Waals surface area (Å²) in [6.07, 6.45) is -8.39. The average Bonchev–Trinajstić information content (AvgIpc) is 2.93. The fraction of sp³-hybridized carbons (Fsp3) is 0.520. The number of aromatic hydroxyl groups is 2. The number of benzene rings is 1. The number of hydrogen-bond acceptors (Lipinski definition) is 14. The zero-order chi connectivity index (χ0) is 28.9. The van der Waals surface area contributed by atoms with Gasteiger partial charge in [-0.3, -0.25) is 4.79 Å². The molecule has 1 aromatic carbocycles. The van der Waals surface area contributed by atoms with Crippen molar-refractivity contribution in [1.82, 2.24) is 0 Å². The fourth-order valence-electron chi connectivity index (χ4n) is 4.17. The first-order valence-electron chi connectivity index (χ1n) is 11.9. The molecule has 7 N–H and O–H groups in total. The summed E-state index contributed by atoms with van der Waals surface area (Å²) in [6, 6.07) is 3.62. The van der Waals surface area contributed by atoms with Gasteiger partial charge >= 0.3 is 11.9 Å². The lowest BCUT2D eigenvalue weighted by Gasteiger charge is -2.41. The van der Waals surface area contributed by atoms with Gasteiger partial charge in [0.05, 0.1) is 32.0 Å². The zero-order valence-electron chi connectivity index (χ0n) is 21.1. The molecule has 1 saturated heterocycles. The largest absolute Gasteiger partial charge is 0.504 e. The molecule has 0 bridgehead atoms. The molecule has 39 heavy (non-hydrogen) atoms. The summed E-state index contributed by atoms with van der Waals surface area (Å²) in [5.74, 6) is -3.48. The lowest BCUT2D eigenvalue weighted by molar-refractivity contribution is -0.327. The summed E-state index contributed by atoms with van der Waals surface area (Å²) in [7, 11) is 1.13. The zero-order valence-corrected chi connectivity index (χ0v) is 21.1. The number of ether oxygens (including phenoxy) is 5. The Kier molecular flexibility index (Phi) is 10.3. The summed E-state index contributed by atoms with van der Waals surface area (Å²) < 4.78 is 26.5. The minimum atomic E-state index is -1.72. The number of rotatable bonds is 9. The van der Waals surface area contributed by atoms with E-state index in [2.05, 4.69) is 0 Å². The Morgan fingerprint density at radius 1 is 1.10 bits per heavy atom. The first kappa shape index (κ1) is 30.3. The van der Waals surface area contributed by atoms with Crippen LogP contribution in [-0.4, -0.2) is 105 Å². The lowest BCUT2D eigenvalue weighted by Crippen LogP contribution is -2.60. The van der Waals surface area contributed by atoms with Gasteiger partial charge in [0.1, 0.15) is 37.1 Å². The minimum absolute atomic E-state index is 0.0554. The SMILES string of the molecule is C/C=C1\[C@H](O[C@@H]2O[C@H](CO)[C@@H](O)[C@H](O)[C@H]2O)OC=C(C(=O)OC)[C@H]1CC(=O)OC[C@H](O)c1ccc(O)c(O)c1. The molecule has 0 aromatic heterocycles. The van der Waals surface area contributed by atoms with Gasteiger partial charge in [-0.05, 0) is 24.6 Å². The molecule has 2 heterocycles. The molecule has 216 valence electrons. The van der Waals surface area contributed by atoms with E-state index in [9.17, 15) is 45.3 Å². The van der Waals surface area contributed by atoms with E-state index in [1.165, 1.54) is 18.2 Å². The standard InChI is InChI=1S/C25H32O14/c1-3-12-13(7-19(30)36-10-17(29)11-4-5-15(27)16(28)6-11)14(23(34)35-2)9-37-24(12)39-25-22(33)21(32)20(31)18(8-26)38-25/h3-6,9,13,17-18,20-22,24-29,31-33H,7-8,10H2,1-2H3/b12-3-/t13-,17-,18+,20+,21-,22+,24-,25-/m0/s1. The van der Waals surface area contributed by atoms with Crippen molar-refractivity contribution in [3.05, 3.63) is 47.2 Å². The summed E-state index contributed by atoms with van der Waals surface area (Å²) in [6.45, 7) is 0.394. The maximum Gasteiger partial charge on any atom is 0.337 e. The van der Waals surface area contributed by atoms with Crippen LogP contribution in [0.1, 0.15) is 25.0 Å². The third-order valence-electron chi connectivity index (χ3n) is 6.39. The number of carbonyl (C=O) groups is 2. The van der Waals surface area contributed by atoms with Crippen molar-refractivity contribution < 1.29 is 69.0 Å². The topological polar surface area (TPSA) is 222 Å². The minimum Gasteiger partial charge on any atom is -0.504 e. The van der Waals surface area contributed by atoms with Crippen LogP contribution in [0.4, 0.5) is 0 Å². The molecular weight excluding hydrogens is 524 g/mol. The van der Waals surface area contributed by atoms with E-state index in [0.717, 1.165) is 19.4 Å². The molecule has 1 aromatic rings. The van der Waals surface area contributed by atoms with Crippen LogP contribution in [0, 0.1) is 5.92 Å². The van der Waals surface area contributed by atoms with Crippen LogP contribution in [0.25, 0.3) is 0 Å². The second-order valence-electron chi connectivity index (χ2n) is 8.86. The Morgan fingerprint density at radius 3 is 2.44 bits per heavy atom. The highest BCUT2D eigenvalue weighted by atomic mass is 16.8. The summed E-state index contributed by atoms with van der Waals surface area (Å²) in [5.41, 5.74) is 0.359. The van der Waals surface area contributed by atoms with Gasteiger partial charge in [-0.25, -0.2) is 4.79 Å². The lowest BCUT2D eigenvalue weighted by atomic mass is 9.86. The van der Waals surface area contributed by atoms with Gasteiger partial charge in [-0.15, -0.1) is 0 Å². The number of aliphatic hydroxyl groups excluding tert-OH is 5. The molecule has 0 aliphatic carbocycles. The second-order valence-corrected chi connectivity index (χ2v) is 8.86. The highest BCUT2D eigenvalue weighted by Gasteiger charge is 2.46. The van der Waals surface area contributed by atoms with Gasteiger partial charge in [0, 0.05) is 11.5 Å². The van der Waals surface area contributed by atoms with Crippen molar-refractivity contribution in [3.8, 4) is 11.5 Å². The van der Waals surface area contributed by atoms with Gasteiger partial charge in [0.2, 0.25) is 6.29 Å². The maximum atomic E-state index is 12.7. The van der Waals surface area contributed by atoms with Crippen LogP contribution in [0.5, 0.6) is 11.5 Å². The van der Waals surface area contributed by atoms with E-state index >= 15 is 0 Å². The van der Waals surface area contributed by atoms with E-state index in [1.54, 1.807) is 6.92 Å². The normalized spacial score (nSPS) is 30.7. The molecule has 0 radical (unpaired) electrons. The number of hydrogen-bond donors (Lipinski definition) is 7. The van der Waals surface area contributed by atoms with Crippen LogP contribution in [0.15, 0.2) is 41.7 Å². The van der Waals surface area contributed by atoms with Gasteiger partial charge < -0.3 is 59.4 Å². The van der Waals surface area contributed by atoms with E-state index in [4.69, 9.17) is 23.7 Å². The smallest absolute Gasteiger partial charge is 0.337 e. The molecule has 0 amide bonds. The van der Waals surface area contributed by atoms with E-state index in [0.29, 0.717) is 0 Å². The van der Waals surface area contributed by atoms with Gasteiger partial charge in [-0.2, -0.15) is 0 Å². The van der Waals surface area contributed by atoms with E-state index in [-0.39, 0.29) is 22.5 Å². The van der Waals surface area contributed by atoms with Crippen LogP contribution in [0.2, 0.25) is 0 Å². The molecule has 0 saturated carbocycles. The molecule has 2 aliphatic rings. The number of phenolic OH excluding ortho intramolecular Hbond substituents is 2. The monoisotopic (exact) mass is 556 g/mol. The number of phenols is 2. The van der Waals surface area contributed by atoms with Crippen molar-refractivity contribution in [2.24, 2.45) is 5.92 Å². The number of methoxy groups -OCH3 is 1. The summed E-state index contributed by atoms with van der Waals surface area (Å²) in [5, 5.41) is 69.1. The molecule has 14 heteroatoms. The van der Waals surface area contributed by atoms with Crippen molar-refractivity contribution >= 4 is 11.9 Å². The Hall–Kier alpha value is -3.24. The van der Waals surface area contributed by atoms with Crippen LogP contribution >= 0.6 is 0 Å². The molecule has 0 spiro atoms. The predicted molar refractivity (Wildman–Crippen MR) is 127 cm³/mol. The molecule has 8 atom stereocenters. The van der Waals surface area contributed by atoms with E-state index in [1.807, 2.05) is 0 Å². The molecule has 14 nitrogen and oxygen atoms in total. The highest BCUT2D eigenvalue weighted by Crippen LogP contribution is 2.36. The predicted octanol–water partition coefficient (Wildman–Crippen LogP) is -1.14. The quantitative estimate of drug-likeness (QED) is 0.109. The number of aliphatic hydroxyl groups is 5. The fourth-order valence-corrected chi connectivity index (χ4v) is 4.17. The van der Waals surface area contributed by atoms with Crippen molar-refractivity contribution in [1.29, 1.82) is 0 Å². The Balaban J connectivity index is 1.74. The first-order valence-corrected chi connectivity index (χ1v) is 11.9. The van der Waals surface area contributed by atoms with Crippen LogP contribution in [-0.2, 0) is 33.3 Å². The number of esters is 2. The molecule has 3 rings (SSSR count). The average molecular weight is 557 g/mol. The number of carbonyl (C=O) groups excluding carboxylic acids is 2. The highest BCUT2D eigenvalue weighted by molar-refractivity contribution is 5.90. The number of allylic oxidation sites excluding steroid dienone is 1. The molecule has 0 unspecified atom stereocenters. The second kappa shape index (κ2) is 13.2. The molecule has 1 fully saturated rings.